The molecular formula is C13H25N3O2. The summed E-state index contributed by atoms with van der Waals surface area (Å²) in [7, 11) is 3.54. The van der Waals surface area contributed by atoms with Crippen LogP contribution < -0.4 is 4.74 Å². The van der Waals surface area contributed by atoms with Gasteiger partial charge in [-0.1, -0.05) is 0 Å². The van der Waals surface area contributed by atoms with E-state index in [-0.39, 0.29) is 6.10 Å². The molecule has 0 aliphatic carbocycles. The number of hydrogen-bond donors (Lipinski definition) is 1. The second kappa shape index (κ2) is 6.20. The number of methoxy groups -OCH3 is 1. The molecule has 0 bridgehead atoms. The van der Waals surface area contributed by atoms with Crippen molar-refractivity contribution in [1.29, 1.82) is 0 Å². The Labute approximate surface area is 109 Å². The van der Waals surface area contributed by atoms with Crippen LogP contribution in [0.4, 0.5) is 0 Å². The van der Waals surface area contributed by atoms with Crippen molar-refractivity contribution in [3.8, 4) is 5.88 Å². The van der Waals surface area contributed by atoms with Crippen LogP contribution in [0.1, 0.15) is 32.0 Å². The molecule has 0 radical (unpaired) electrons. The molecule has 1 aromatic heterocycles. The highest BCUT2D eigenvalue weighted by Gasteiger charge is 2.19. The number of hydrogen-bond acceptors (Lipinski definition) is 4. The Morgan fingerprint density at radius 1 is 1.39 bits per heavy atom. The van der Waals surface area contributed by atoms with E-state index in [1.807, 2.05) is 20.9 Å². The molecule has 18 heavy (non-hydrogen) atoms. The largest absolute Gasteiger partial charge is 0.481 e. The smallest absolute Gasteiger partial charge is 0.216 e. The Hall–Kier alpha value is -1.07. The number of aryl methyl sites for hydroxylation is 2. The van der Waals surface area contributed by atoms with Crippen molar-refractivity contribution >= 4 is 0 Å². The third-order valence-corrected chi connectivity index (χ3v) is 3.07. The number of ether oxygens (including phenoxy) is 1. The number of aliphatic hydroxyl groups is 1. The van der Waals surface area contributed by atoms with Crippen LogP contribution in [-0.4, -0.2) is 45.6 Å². The third kappa shape index (κ3) is 3.46. The van der Waals surface area contributed by atoms with Gasteiger partial charge in [-0.25, -0.2) is 4.68 Å². The van der Waals surface area contributed by atoms with Gasteiger partial charge in [0.05, 0.1) is 24.5 Å². The van der Waals surface area contributed by atoms with Crippen molar-refractivity contribution in [2.24, 2.45) is 7.05 Å². The zero-order valence-corrected chi connectivity index (χ0v) is 12.3. The van der Waals surface area contributed by atoms with E-state index in [1.54, 1.807) is 11.8 Å². The van der Waals surface area contributed by atoms with Crippen LogP contribution >= 0.6 is 0 Å². The average Bonchev–Trinajstić information content (AvgIpc) is 2.51. The summed E-state index contributed by atoms with van der Waals surface area (Å²) >= 11 is 0. The van der Waals surface area contributed by atoms with Crippen molar-refractivity contribution in [2.45, 2.75) is 46.4 Å². The van der Waals surface area contributed by atoms with E-state index in [1.165, 1.54) is 0 Å². The summed E-state index contributed by atoms with van der Waals surface area (Å²) < 4.78 is 7.15. The highest BCUT2D eigenvalue weighted by Crippen LogP contribution is 2.23. The molecule has 0 aromatic carbocycles. The molecule has 0 aliphatic rings. The van der Waals surface area contributed by atoms with Gasteiger partial charge >= 0.3 is 0 Å². The van der Waals surface area contributed by atoms with Crippen molar-refractivity contribution in [3.05, 3.63) is 11.3 Å². The molecule has 1 atom stereocenters. The molecule has 5 nitrogen and oxygen atoms in total. The molecule has 0 fully saturated rings. The van der Waals surface area contributed by atoms with Gasteiger partial charge in [0.1, 0.15) is 0 Å². The predicted octanol–water partition coefficient (Wildman–Crippen LogP) is 1.33. The lowest BCUT2D eigenvalue weighted by Crippen LogP contribution is -2.36. The fourth-order valence-corrected chi connectivity index (χ4v) is 2.12. The third-order valence-electron chi connectivity index (χ3n) is 3.07. The molecule has 1 aromatic rings. The normalized spacial score (nSPS) is 13.4. The molecule has 1 N–H and O–H groups in total. The van der Waals surface area contributed by atoms with E-state index < -0.39 is 0 Å². The van der Waals surface area contributed by atoms with E-state index >= 15 is 0 Å². The maximum absolute atomic E-state index is 9.56. The summed E-state index contributed by atoms with van der Waals surface area (Å²) in [5.74, 6) is 0.795. The molecular weight excluding hydrogens is 230 g/mol. The molecule has 5 heteroatoms. The Morgan fingerprint density at radius 3 is 2.44 bits per heavy atom. The fraction of sp³-hybridized carbons (Fsp3) is 0.769. The number of rotatable bonds is 6. The van der Waals surface area contributed by atoms with Gasteiger partial charge in [0, 0.05) is 26.2 Å². The van der Waals surface area contributed by atoms with E-state index in [9.17, 15) is 5.11 Å². The second-order valence-electron chi connectivity index (χ2n) is 5.07. The highest BCUT2D eigenvalue weighted by molar-refractivity contribution is 5.30. The molecule has 1 unspecified atom stereocenters. The lowest BCUT2D eigenvalue weighted by molar-refractivity contribution is 0.102. The topological polar surface area (TPSA) is 50.5 Å². The number of nitrogens with zero attached hydrogens (tertiary/aromatic N) is 3. The maximum atomic E-state index is 9.56. The summed E-state index contributed by atoms with van der Waals surface area (Å²) in [6.45, 7) is 9.43. The van der Waals surface area contributed by atoms with Gasteiger partial charge < -0.3 is 9.84 Å². The minimum absolute atomic E-state index is 0.338. The molecule has 0 amide bonds. The van der Waals surface area contributed by atoms with Crippen LogP contribution in [0.5, 0.6) is 5.88 Å². The van der Waals surface area contributed by atoms with Crippen LogP contribution in [0.2, 0.25) is 0 Å². The lowest BCUT2D eigenvalue weighted by Gasteiger charge is -2.27. The van der Waals surface area contributed by atoms with E-state index in [0.29, 0.717) is 12.6 Å². The van der Waals surface area contributed by atoms with Gasteiger partial charge in [-0.05, 0) is 27.7 Å². The van der Waals surface area contributed by atoms with Gasteiger partial charge in [-0.15, -0.1) is 0 Å². The van der Waals surface area contributed by atoms with Gasteiger partial charge in [0.25, 0.3) is 0 Å². The van der Waals surface area contributed by atoms with Gasteiger partial charge in [0.15, 0.2) is 0 Å². The number of aliphatic hydroxyl groups excluding tert-OH is 1. The first-order valence-electron chi connectivity index (χ1n) is 6.35. The predicted molar refractivity (Wildman–Crippen MR) is 71.7 cm³/mol. The molecule has 0 aliphatic heterocycles. The van der Waals surface area contributed by atoms with Crippen molar-refractivity contribution in [2.75, 3.05) is 13.7 Å². The van der Waals surface area contributed by atoms with Gasteiger partial charge in [-0.3, -0.25) is 4.90 Å². The Morgan fingerprint density at radius 2 is 2.00 bits per heavy atom. The van der Waals surface area contributed by atoms with E-state index in [0.717, 1.165) is 23.7 Å². The SMILES string of the molecule is COc1c(CN(CC(C)O)C(C)C)c(C)nn1C. The Bertz CT molecular complexity index is 386. The average molecular weight is 255 g/mol. The molecule has 0 saturated carbocycles. The first-order chi connectivity index (χ1) is 8.36. The molecule has 104 valence electrons. The second-order valence-corrected chi connectivity index (χ2v) is 5.07. The lowest BCUT2D eigenvalue weighted by atomic mass is 10.2. The number of aromatic nitrogens is 2. The molecule has 1 heterocycles. The summed E-state index contributed by atoms with van der Waals surface area (Å²) in [5, 5.41) is 13.9. The zero-order chi connectivity index (χ0) is 13.9. The van der Waals surface area contributed by atoms with Gasteiger partial charge in [-0.2, -0.15) is 5.10 Å². The van der Waals surface area contributed by atoms with Crippen molar-refractivity contribution in [1.82, 2.24) is 14.7 Å². The van der Waals surface area contributed by atoms with Crippen LogP contribution in [0.25, 0.3) is 0 Å². The zero-order valence-electron chi connectivity index (χ0n) is 12.3. The quantitative estimate of drug-likeness (QED) is 0.833. The molecule has 1 rings (SSSR count). The summed E-state index contributed by atoms with van der Waals surface area (Å²) in [4.78, 5) is 2.22. The van der Waals surface area contributed by atoms with E-state index in [2.05, 4.69) is 23.8 Å². The summed E-state index contributed by atoms with van der Waals surface area (Å²) in [5.41, 5.74) is 2.07. The first-order valence-corrected chi connectivity index (χ1v) is 6.35. The minimum Gasteiger partial charge on any atom is -0.481 e. The Balaban J connectivity index is 2.93. The Kier molecular flexibility index (Phi) is 5.16. The van der Waals surface area contributed by atoms with Crippen LogP contribution in [0, 0.1) is 6.92 Å². The monoisotopic (exact) mass is 255 g/mol. The van der Waals surface area contributed by atoms with Crippen LogP contribution in [-0.2, 0) is 13.6 Å². The van der Waals surface area contributed by atoms with Crippen LogP contribution in [0.15, 0.2) is 0 Å². The van der Waals surface area contributed by atoms with Crippen LogP contribution in [0.3, 0.4) is 0 Å². The first kappa shape index (κ1) is 15.0. The maximum Gasteiger partial charge on any atom is 0.216 e. The van der Waals surface area contributed by atoms with Crippen molar-refractivity contribution < 1.29 is 9.84 Å². The van der Waals surface area contributed by atoms with Crippen molar-refractivity contribution in [3.63, 3.8) is 0 Å². The fourth-order valence-electron chi connectivity index (χ4n) is 2.12. The minimum atomic E-state index is -0.338. The summed E-state index contributed by atoms with van der Waals surface area (Å²) in [6.07, 6.45) is -0.338. The molecule has 0 spiro atoms. The van der Waals surface area contributed by atoms with Gasteiger partial charge in [0.2, 0.25) is 5.88 Å². The summed E-state index contributed by atoms with van der Waals surface area (Å²) in [6, 6.07) is 0.365. The molecule has 0 saturated heterocycles. The van der Waals surface area contributed by atoms with E-state index in [4.69, 9.17) is 4.74 Å². The standard InChI is InChI=1S/C13H25N3O2/c1-9(2)16(7-10(3)17)8-12-11(4)14-15(5)13(12)18-6/h9-10,17H,7-8H2,1-6H3. The highest BCUT2D eigenvalue weighted by atomic mass is 16.5.